The minimum absolute atomic E-state index is 0.0262. The van der Waals surface area contributed by atoms with E-state index in [0.29, 0.717) is 5.39 Å². The molecule has 0 saturated carbocycles. The van der Waals surface area contributed by atoms with Gasteiger partial charge in [0.2, 0.25) is 12.6 Å². The van der Waals surface area contributed by atoms with Crippen LogP contribution in [-0.2, 0) is 9.47 Å². The first-order chi connectivity index (χ1) is 16.6. The summed E-state index contributed by atoms with van der Waals surface area (Å²) >= 11 is 0. The SMILES string of the molecule is O=c1ccc2cc(O[C@H]3O[C@H](CO)[C@@H](O)[C@H](O)[C@H]3O)c(O[C@H]3O[C@H](CO)[C@@H](O)[C@H](O)[C@H]3O)cc2o1. The second-order valence-corrected chi connectivity index (χ2v) is 8.22. The van der Waals surface area contributed by atoms with Crippen molar-refractivity contribution in [2.45, 2.75) is 61.4 Å². The lowest BCUT2D eigenvalue weighted by molar-refractivity contribution is -0.282. The second kappa shape index (κ2) is 10.3. The number of ether oxygens (including phenoxy) is 4. The Morgan fingerprint density at radius 2 is 1.17 bits per heavy atom. The first-order valence-corrected chi connectivity index (χ1v) is 10.7. The van der Waals surface area contributed by atoms with Crippen LogP contribution in [0.1, 0.15) is 0 Å². The van der Waals surface area contributed by atoms with Crippen LogP contribution in [0.5, 0.6) is 11.5 Å². The maximum absolute atomic E-state index is 11.7. The predicted molar refractivity (Wildman–Crippen MR) is 111 cm³/mol. The van der Waals surface area contributed by atoms with Crippen molar-refractivity contribution in [2.24, 2.45) is 0 Å². The summed E-state index contributed by atoms with van der Waals surface area (Å²) in [6.45, 7) is -1.40. The standard InChI is InChI=1S/C21H26O14/c22-5-11-14(25)16(27)18(29)20(34-11)32-9-3-7-1-2-13(24)31-8(7)4-10(9)33-21-19(30)17(28)15(26)12(6-23)35-21/h1-4,11-12,14-23,25-30H,5-6H2/t11-,12-,14-,15-,16+,17+,18-,19-,20+,21+/m1/s1. The highest BCUT2D eigenvalue weighted by Gasteiger charge is 2.46. The minimum atomic E-state index is -1.77. The molecule has 14 nitrogen and oxygen atoms in total. The van der Waals surface area contributed by atoms with E-state index in [1.165, 1.54) is 18.2 Å². The summed E-state index contributed by atoms with van der Waals surface area (Å²) in [5.74, 6) is -0.416. The van der Waals surface area contributed by atoms with Crippen LogP contribution in [0.2, 0.25) is 0 Å². The molecule has 10 atom stereocenters. The Hall–Kier alpha value is -2.37. The van der Waals surface area contributed by atoms with Gasteiger partial charge in [-0.2, -0.15) is 0 Å². The summed E-state index contributed by atoms with van der Waals surface area (Å²) in [6, 6.07) is 5.05. The highest BCUT2D eigenvalue weighted by molar-refractivity contribution is 5.80. The van der Waals surface area contributed by atoms with Crippen LogP contribution in [0.4, 0.5) is 0 Å². The van der Waals surface area contributed by atoms with Gasteiger partial charge in [0.25, 0.3) is 0 Å². The lowest BCUT2D eigenvalue weighted by Gasteiger charge is -2.40. The van der Waals surface area contributed by atoms with E-state index in [0.717, 1.165) is 6.07 Å². The largest absolute Gasteiger partial charge is 0.458 e. The van der Waals surface area contributed by atoms with Gasteiger partial charge in [-0.3, -0.25) is 0 Å². The van der Waals surface area contributed by atoms with Crippen LogP contribution in [0.25, 0.3) is 11.0 Å². The Morgan fingerprint density at radius 1 is 0.686 bits per heavy atom. The molecule has 0 spiro atoms. The van der Waals surface area contributed by atoms with E-state index in [1.54, 1.807) is 0 Å². The summed E-state index contributed by atoms with van der Waals surface area (Å²) in [5.41, 5.74) is -0.655. The van der Waals surface area contributed by atoms with E-state index in [9.17, 15) is 45.6 Å². The third-order valence-corrected chi connectivity index (χ3v) is 5.87. The van der Waals surface area contributed by atoms with Crippen molar-refractivity contribution in [1.29, 1.82) is 0 Å². The molecule has 8 N–H and O–H groups in total. The van der Waals surface area contributed by atoms with Crippen molar-refractivity contribution in [3.63, 3.8) is 0 Å². The second-order valence-electron chi connectivity index (χ2n) is 8.22. The first kappa shape index (κ1) is 25.7. The van der Waals surface area contributed by atoms with Crippen LogP contribution < -0.4 is 15.1 Å². The number of aliphatic hydroxyl groups excluding tert-OH is 8. The van der Waals surface area contributed by atoms with Gasteiger partial charge in [0.05, 0.1) is 13.2 Å². The van der Waals surface area contributed by atoms with Crippen LogP contribution >= 0.6 is 0 Å². The smallest absolute Gasteiger partial charge is 0.336 e. The fourth-order valence-corrected chi connectivity index (χ4v) is 3.84. The molecule has 1 aromatic heterocycles. The van der Waals surface area contributed by atoms with Gasteiger partial charge in [-0.15, -0.1) is 0 Å². The third kappa shape index (κ3) is 4.99. The van der Waals surface area contributed by atoms with E-state index < -0.39 is 80.3 Å². The van der Waals surface area contributed by atoms with E-state index in [2.05, 4.69) is 0 Å². The molecule has 35 heavy (non-hydrogen) atoms. The average molecular weight is 502 g/mol. The molecule has 0 amide bonds. The minimum Gasteiger partial charge on any atom is -0.458 e. The molecule has 2 fully saturated rings. The summed E-state index contributed by atoms with van der Waals surface area (Å²) in [5, 5.41) is 79.8. The van der Waals surface area contributed by atoms with Crippen molar-refractivity contribution >= 4 is 11.0 Å². The molecule has 2 aliphatic rings. The Kier molecular flexibility index (Phi) is 7.58. The third-order valence-electron chi connectivity index (χ3n) is 5.87. The van der Waals surface area contributed by atoms with Gasteiger partial charge < -0.3 is 64.2 Å². The summed E-state index contributed by atoms with van der Waals surface area (Å²) in [4.78, 5) is 11.7. The average Bonchev–Trinajstić information content (AvgIpc) is 2.84. The van der Waals surface area contributed by atoms with E-state index >= 15 is 0 Å². The number of rotatable bonds is 6. The van der Waals surface area contributed by atoms with E-state index in [-0.39, 0.29) is 17.1 Å². The van der Waals surface area contributed by atoms with Gasteiger partial charge in [0.1, 0.15) is 54.4 Å². The molecule has 4 rings (SSSR count). The van der Waals surface area contributed by atoms with Gasteiger partial charge in [0, 0.05) is 17.5 Å². The topological polar surface area (TPSA) is 229 Å². The highest BCUT2D eigenvalue weighted by atomic mass is 16.7. The fraction of sp³-hybridized carbons (Fsp3) is 0.571. The van der Waals surface area contributed by atoms with Crippen LogP contribution in [0.3, 0.4) is 0 Å². The molecular weight excluding hydrogens is 476 g/mol. The summed E-state index contributed by atoms with van der Waals surface area (Å²) in [7, 11) is 0. The van der Waals surface area contributed by atoms with Crippen LogP contribution in [0, 0.1) is 0 Å². The molecule has 2 saturated heterocycles. The van der Waals surface area contributed by atoms with Crippen molar-refractivity contribution < 1.29 is 64.2 Å². The zero-order valence-electron chi connectivity index (χ0n) is 18.0. The Bertz CT molecular complexity index is 1070. The molecule has 194 valence electrons. The van der Waals surface area contributed by atoms with Gasteiger partial charge in [-0.25, -0.2) is 4.79 Å². The maximum Gasteiger partial charge on any atom is 0.336 e. The zero-order valence-corrected chi connectivity index (χ0v) is 18.0. The molecule has 2 aromatic rings. The molecule has 1 aromatic carbocycles. The highest BCUT2D eigenvalue weighted by Crippen LogP contribution is 2.37. The van der Waals surface area contributed by atoms with Crippen LogP contribution in [0.15, 0.2) is 33.5 Å². The van der Waals surface area contributed by atoms with Crippen molar-refractivity contribution in [3.8, 4) is 11.5 Å². The Balaban J connectivity index is 1.69. The summed E-state index contributed by atoms with van der Waals surface area (Å²) in [6.07, 6.45) is -16.0. The monoisotopic (exact) mass is 502 g/mol. The lowest BCUT2D eigenvalue weighted by atomic mass is 9.99. The predicted octanol–water partition coefficient (Wildman–Crippen LogP) is -3.85. The van der Waals surface area contributed by atoms with Gasteiger partial charge >= 0.3 is 5.63 Å². The quantitative estimate of drug-likeness (QED) is 0.177. The number of aliphatic hydroxyl groups is 8. The number of hydrogen-bond acceptors (Lipinski definition) is 14. The van der Waals surface area contributed by atoms with Crippen molar-refractivity contribution in [2.75, 3.05) is 13.2 Å². The normalized spacial score (nSPS) is 37.8. The lowest BCUT2D eigenvalue weighted by Crippen LogP contribution is -2.60. The molecule has 0 bridgehead atoms. The first-order valence-electron chi connectivity index (χ1n) is 10.7. The molecule has 2 aliphatic heterocycles. The summed E-state index contributed by atoms with van der Waals surface area (Å²) < 4.78 is 27.1. The van der Waals surface area contributed by atoms with Gasteiger partial charge in [-0.1, -0.05) is 0 Å². The van der Waals surface area contributed by atoms with Crippen LogP contribution in [-0.4, -0.2) is 115 Å². The number of hydrogen-bond donors (Lipinski definition) is 8. The fourth-order valence-electron chi connectivity index (χ4n) is 3.84. The number of fused-ring (bicyclic) bond motifs is 1. The zero-order chi connectivity index (χ0) is 25.4. The molecule has 0 aliphatic carbocycles. The molecule has 14 heteroatoms. The van der Waals surface area contributed by atoms with E-state index in [4.69, 9.17) is 23.4 Å². The maximum atomic E-state index is 11.7. The van der Waals surface area contributed by atoms with Gasteiger partial charge in [0.15, 0.2) is 11.5 Å². The molecule has 0 unspecified atom stereocenters. The van der Waals surface area contributed by atoms with Crippen molar-refractivity contribution in [1.82, 2.24) is 0 Å². The van der Waals surface area contributed by atoms with Crippen molar-refractivity contribution in [3.05, 3.63) is 34.7 Å². The molecule has 3 heterocycles. The Labute approximate surface area is 196 Å². The number of benzene rings is 1. The van der Waals surface area contributed by atoms with Gasteiger partial charge in [-0.05, 0) is 12.1 Å². The Morgan fingerprint density at radius 3 is 1.66 bits per heavy atom. The molecular formula is C21H26O14. The van der Waals surface area contributed by atoms with E-state index in [1.807, 2.05) is 0 Å². The molecule has 0 radical (unpaired) electrons.